The summed E-state index contributed by atoms with van der Waals surface area (Å²) in [6.45, 7) is 3.13. The van der Waals surface area contributed by atoms with Gasteiger partial charge < -0.3 is 14.5 Å². The molecule has 0 amide bonds. The number of benzene rings is 3. The van der Waals surface area contributed by atoms with Crippen LogP contribution in [0, 0.1) is 0 Å². The lowest BCUT2D eigenvalue weighted by atomic mass is 10.0. The van der Waals surface area contributed by atoms with Crippen molar-refractivity contribution in [2.24, 2.45) is 0 Å². The number of oxazole rings is 1. The maximum atomic E-state index is 13.6. The molecule has 1 aromatic heterocycles. The first-order chi connectivity index (χ1) is 17.9. The molecule has 1 aliphatic heterocycles. The van der Waals surface area contributed by atoms with Gasteiger partial charge in [0.2, 0.25) is 26.6 Å². The first kappa shape index (κ1) is 25.8. The Morgan fingerprint density at radius 2 is 1.51 bits per heavy atom. The Bertz CT molecular complexity index is 1440. The number of nitrogens with one attached hydrogen (secondary N) is 1. The molecule has 1 N–H and O–H groups in total. The fourth-order valence-electron chi connectivity index (χ4n) is 4.25. The number of nitrogens with zero attached hydrogens (tertiary/aromatic N) is 2. The number of hydrogen-bond acceptors (Lipinski definition) is 7. The maximum absolute atomic E-state index is 13.6. The zero-order valence-electron chi connectivity index (χ0n) is 19.8. The van der Waals surface area contributed by atoms with Crippen molar-refractivity contribution < 1.29 is 17.6 Å². The number of ether oxygens (including phenoxy) is 1. The van der Waals surface area contributed by atoms with Crippen molar-refractivity contribution in [1.29, 1.82) is 0 Å². The van der Waals surface area contributed by atoms with Crippen LogP contribution < -0.4 is 5.32 Å². The summed E-state index contributed by atoms with van der Waals surface area (Å²) in [5.41, 5.74) is 1.66. The summed E-state index contributed by atoms with van der Waals surface area (Å²) < 4.78 is 38.7. The van der Waals surface area contributed by atoms with Crippen molar-refractivity contribution in [2.75, 3.05) is 38.2 Å². The molecule has 192 valence electrons. The number of rotatable bonds is 8. The summed E-state index contributed by atoms with van der Waals surface area (Å²) in [5.74, 6) is 0.268. The summed E-state index contributed by atoms with van der Waals surface area (Å²) in [7, 11) is -3.95. The average Bonchev–Trinajstić information content (AvgIpc) is 3.36. The van der Waals surface area contributed by atoms with E-state index in [1.807, 2.05) is 24.3 Å². The van der Waals surface area contributed by atoms with E-state index in [1.165, 1.54) is 0 Å². The zero-order valence-corrected chi connectivity index (χ0v) is 22.1. The fraction of sp³-hybridized carbons (Fsp3) is 0.222. The van der Waals surface area contributed by atoms with E-state index in [0.717, 1.165) is 18.7 Å². The van der Waals surface area contributed by atoms with Gasteiger partial charge >= 0.3 is 0 Å². The molecular formula is C27H25Cl2N3O4S. The summed E-state index contributed by atoms with van der Waals surface area (Å²) in [5, 5.41) is 4.29. The van der Waals surface area contributed by atoms with Gasteiger partial charge in [-0.3, -0.25) is 4.90 Å². The van der Waals surface area contributed by atoms with E-state index in [1.54, 1.807) is 54.6 Å². The molecule has 2 heterocycles. The Labute approximate surface area is 225 Å². The molecule has 1 atom stereocenters. The van der Waals surface area contributed by atoms with Gasteiger partial charge in [-0.05, 0) is 54.1 Å². The van der Waals surface area contributed by atoms with Gasteiger partial charge in [-0.1, -0.05) is 53.5 Å². The van der Waals surface area contributed by atoms with E-state index in [9.17, 15) is 8.42 Å². The average molecular weight is 558 g/mol. The molecule has 1 aliphatic rings. The maximum Gasteiger partial charge on any atom is 0.233 e. The third kappa shape index (κ3) is 5.84. The van der Waals surface area contributed by atoms with Crippen molar-refractivity contribution in [1.82, 2.24) is 9.88 Å². The van der Waals surface area contributed by atoms with E-state index in [-0.39, 0.29) is 27.7 Å². The highest BCUT2D eigenvalue weighted by atomic mass is 35.5. The van der Waals surface area contributed by atoms with Gasteiger partial charge in [0.15, 0.2) is 0 Å². The molecule has 0 saturated carbocycles. The van der Waals surface area contributed by atoms with Crippen LogP contribution >= 0.6 is 23.2 Å². The second kappa shape index (κ2) is 11.2. The predicted molar refractivity (Wildman–Crippen MR) is 144 cm³/mol. The van der Waals surface area contributed by atoms with Crippen molar-refractivity contribution in [3.05, 3.63) is 94.5 Å². The van der Waals surface area contributed by atoms with Gasteiger partial charge in [-0.2, -0.15) is 4.98 Å². The smallest absolute Gasteiger partial charge is 0.233 e. The first-order valence-corrected chi connectivity index (χ1v) is 14.0. The van der Waals surface area contributed by atoms with Crippen LogP contribution in [0.4, 0.5) is 5.88 Å². The number of anilines is 1. The first-order valence-electron chi connectivity index (χ1n) is 11.8. The van der Waals surface area contributed by atoms with Gasteiger partial charge in [-0.25, -0.2) is 8.42 Å². The molecule has 1 saturated heterocycles. The van der Waals surface area contributed by atoms with Crippen LogP contribution in [0.5, 0.6) is 0 Å². The van der Waals surface area contributed by atoms with Crippen molar-refractivity contribution in [3.63, 3.8) is 0 Å². The van der Waals surface area contributed by atoms with Gasteiger partial charge in [0.25, 0.3) is 0 Å². The number of morpholine rings is 1. The lowest BCUT2D eigenvalue weighted by molar-refractivity contribution is 0.0186. The van der Waals surface area contributed by atoms with Gasteiger partial charge in [0.1, 0.15) is 0 Å². The van der Waals surface area contributed by atoms with Crippen LogP contribution in [0.2, 0.25) is 10.0 Å². The number of sulfone groups is 1. The van der Waals surface area contributed by atoms with Crippen LogP contribution in [0.3, 0.4) is 0 Å². The van der Waals surface area contributed by atoms with E-state index >= 15 is 0 Å². The summed E-state index contributed by atoms with van der Waals surface area (Å²) in [6, 6.07) is 22.7. The zero-order chi connectivity index (χ0) is 25.8. The molecule has 1 fully saturated rings. The SMILES string of the molecule is O=S(=O)(c1ccccc1)c1nc(-c2ccc(Cl)cc2)oc1NCC(c1ccc(Cl)cc1)N1CCOCC1. The Kier molecular flexibility index (Phi) is 7.83. The minimum absolute atomic E-state index is 0.0717. The lowest BCUT2D eigenvalue weighted by Gasteiger charge is -2.35. The standard InChI is InChI=1S/C27H25Cl2N3O4S/c28-21-10-6-19(7-11-21)24(32-14-16-35-17-15-32)18-30-26-27(37(33,34)23-4-2-1-3-5-23)31-25(36-26)20-8-12-22(29)13-9-20/h1-13,24,30H,14-18H2. The molecule has 5 rings (SSSR count). The van der Waals surface area contributed by atoms with E-state index < -0.39 is 9.84 Å². The molecule has 3 aromatic carbocycles. The molecule has 1 unspecified atom stereocenters. The van der Waals surface area contributed by atoms with Crippen LogP contribution in [-0.2, 0) is 14.6 Å². The molecule has 0 spiro atoms. The molecular weight excluding hydrogens is 533 g/mol. The quantitative estimate of drug-likeness (QED) is 0.285. The molecule has 7 nitrogen and oxygen atoms in total. The molecule has 0 bridgehead atoms. The van der Waals surface area contributed by atoms with Crippen LogP contribution in [-0.4, -0.2) is 51.1 Å². The number of halogens is 2. The van der Waals surface area contributed by atoms with Crippen LogP contribution in [0.1, 0.15) is 11.6 Å². The lowest BCUT2D eigenvalue weighted by Crippen LogP contribution is -2.41. The fourth-order valence-corrected chi connectivity index (χ4v) is 5.80. The summed E-state index contributed by atoms with van der Waals surface area (Å²) in [4.78, 5) is 6.85. The Morgan fingerprint density at radius 1 is 0.892 bits per heavy atom. The van der Waals surface area contributed by atoms with E-state index in [4.69, 9.17) is 32.4 Å². The topological polar surface area (TPSA) is 84.7 Å². The molecule has 0 aliphatic carbocycles. The number of aromatic nitrogens is 1. The second-order valence-electron chi connectivity index (χ2n) is 8.57. The second-order valence-corrected chi connectivity index (χ2v) is 11.3. The van der Waals surface area contributed by atoms with Crippen LogP contribution in [0.15, 0.2) is 93.2 Å². The van der Waals surface area contributed by atoms with Crippen molar-refractivity contribution in [3.8, 4) is 11.5 Å². The van der Waals surface area contributed by atoms with E-state index in [0.29, 0.717) is 35.4 Å². The van der Waals surface area contributed by atoms with E-state index in [2.05, 4.69) is 15.2 Å². The largest absolute Gasteiger partial charge is 0.419 e. The normalized spacial score (nSPS) is 15.4. The summed E-state index contributed by atoms with van der Waals surface area (Å²) in [6.07, 6.45) is 0. The highest BCUT2D eigenvalue weighted by Gasteiger charge is 2.30. The predicted octanol–water partition coefficient (Wildman–Crippen LogP) is 5.97. The Morgan fingerprint density at radius 3 is 2.16 bits per heavy atom. The minimum atomic E-state index is -3.95. The molecule has 37 heavy (non-hydrogen) atoms. The Hall–Kier alpha value is -2.88. The monoisotopic (exact) mass is 557 g/mol. The van der Waals surface area contributed by atoms with Crippen LogP contribution in [0.25, 0.3) is 11.5 Å². The Balaban J connectivity index is 1.51. The van der Waals surface area contributed by atoms with Crippen molar-refractivity contribution in [2.45, 2.75) is 16.0 Å². The third-order valence-electron chi connectivity index (χ3n) is 6.19. The van der Waals surface area contributed by atoms with Gasteiger partial charge in [-0.15, -0.1) is 0 Å². The highest BCUT2D eigenvalue weighted by Crippen LogP contribution is 2.34. The minimum Gasteiger partial charge on any atom is -0.419 e. The number of hydrogen-bond donors (Lipinski definition) is 1. The molecule has 10 heteroatoms. The molecule has 4 aromatic rings. The summed E-state index contributed by atoms with van der Waals surface area (Å²) >= 11 is 12.2. The van der Waals surface area contributed by atoms with Gasteiger partial charge in [0.05, 0.1) is 24.2 Å². The van der Waals surface area contributed by atoms with Crippen molar-refractivity contribution >= 4 is 38.9 Å². The highest BCUT2D eigenvalue weighted by molar-refractivity contribution is 7.91. The van der Waals surface area contributed by atoms with Gasteiger partial charge in [0, 0.05) is 35.2 Å². The molecule has 0 radical (unpaired) electrons. The third-order valence-corrected chi connectivity index (χ3v) is 8.37.